The fraction of sp³-hybridized carbons (Fsp3) is 0.136. The Labute approximate surface area is 181 Å². The third-order valence-electron chi connectivity index (χ3n) is 4.43. The molecule has 0 radical (unpaired) electrons. The second-order valence-corrected chi connectivity index (χ2v) is 8.24. The lowest BCUT2D eigenvalue weighted by molar-refractivity contribution is -0.118. The number of thiophene rings is 1. The Morgan fingerprint density at radius 3 is 2.83 bits per heavy atom. The molecule has 152 valence electrons. The highest BCUT2D eigenvalue weighted by Gasteiger charge is 2.17. The van der Waals surface area contributed by atoms with Crippen molar-refractivity contribution in [2.45, 2.75) is 18.2 Å². The molecule has 0 fully saturated rings. The molecule has 1 amide bonds. The topological polar surface area (TPSA) is 77.1 Å². The van der Waals surface area contributed by atoms with Crippen molar-refractivity contribution < 1.29 is 9.21 Å². The van der Waals surface area contributed by atoms with Gasteiger partial charge in [0.15, 0.2) is 5.16 Å². The zero-order valence-corrected chi connectivity index (χ0v) is 17.7. The summed E-state index contributed by atoms with van der Waals surface area (Å²) < 4.78 is 6.78. The summed E-state index contributed by atoms with van der Waals surface area (Å²) in [4.78, 5) is 30.8. The Kier molecular flexibility index (Phi) is 6.15. The predicted molar refractivity (Wildman–Crippen MR) is 121 cm³/mol. The van der Waals surface area contributed by atoms with E-state index < -0.39 is 0 Å². The highest BCUT2D eigenvalue weighted by molar-refractivity contribution is 7.99. The number of allylic oxidation sites excluding steroid dienone is 1. The molecule has 8 heteroatoms. The zero-order valence-electron chi connectivity index (χ0n) is 16.0. The van der Waals surface area contributed by atoms with Gasteiger partial charge in [0, 0.05) is 17.5 Å². The van der Waals surface area contributed by atoms with Crippen LogP contribution in [0, 0.1) is 0 Å². The molecule has 1 aromatic carbocycles. The minimum absolute atomic E-state index is 0.126. The number of thioether (sulfide) groups is 1. The summed E-state index contributed by atoms with van der Waals surface area (Å²) in [6.07, 6.45) is 3.22. The number of benzene rings is 1. The standard InChI is InChI=1S/C22H19N3O3S2/c1-2-10-25-21(27)19-17(15-7-4-3-5-8-15)13-29-20(19)24-22(25)30-14-18(26)23-12-16-9-6-11-28-16/h2-9,11,13H,1,10,12,14H2,(H,23,26). The number of hydrogen-bond donors (Lipinski definition) is 1. The summed E-state index contributed by atoms with van der Waals surface area (Å²) in [7, 11) is 0. The van der Waals surface area contributed by atoms with Crippen LogP contribution in [0.4, 0.5) is 0 Å². The minimum Gasteiger partial charge on any atom is -0.467 e. The predicted octanol–water partition coefficient (Wildman–Crippen LogP) is 4.31. The maximum atomic E-state index is 13.3. The van der Waals surface area contributed by atoms with Crippen molar-refractivity contribution in [2.75, 3.05) is 5.75 Å². The molecule has 0 aliphatic carbocycles. The molecule has 0 atom stereocenters. The lowest BCUT2D eigenvalue weighted by Crippen LogP contribution is -2.26. The first-order valence-electron chi connectivity index (χ1n) is 9.27. The quantitative estimate of drug-likeness (QED) is 0.252. The van der Waals surface area contributed by atoms with Crippen molar-refractivity contribution in [1.29, 1.82) is 0 Å². The fourth-order valence-corrected chi connectivity index (χ4v) is 4.84. The SMILES string of the molecule is C=CCn1c(SCC(=O)NCc2ccco2)nc2scc(-c3ccccc3)c2c1=O. The second-order valence-electron chi connectivity index (χ2n) is 6.44. The minimum atomic E-state index is -0.160. The van der Waals surface area contributed by atoms with Gasteiger partial charge in [-0.2, -0.15) is 0 Å². The van der Waals surface area contributed by atoms with Gasteiger partial charge >= 0.3 is 0 Å². The van der Waals surface area contributed by atoms with Gasteiger partial charge < -0.3 is 9.73 Å². The average Bonchev–Trinajstić information content (AvgIpc) is 3.43. The number of nitrogens with one attached hydrogen (secondary N) is 1. The van der Waals surface area contributed by atoms with E-state index in [9.17, 15) is 9.59 Å². The maximum Gasteiger partial charge on any atom is 0.263 e. The number of carbonyl (C=O) groups is 1. The molecule has 0 unspecified atom stereocenters. The van der Waals surface area contributed by atoms with E-state index >= 15 is 0 Å². The Morgan fingerprint density at radius 2 is 2.10 bits per heavy atom. The van der Waals surface area contributed by atoms with Gasteiger partial charge in [-0.15, -0.1) is 17.9 Å². The Hall–Kier alpha value is -3.10. The van der Waals surface area contributed by atoms with Gasteiger partial charge in [-0.25, -0.2) is 4.98 Å². The highest BCUT2D eigenvalue weighted by Crippen LogP contribution is 2.32. The van der Waals surface area contributed by atoms with E-state index in [0.29, 0.717) is 34.2 Å². The first kappa shape index (κ1) is 20.2. The average molecular weight is 438 g/mol. The number of carbonyl (C=O) groups excluding carboxylic acids is 1. The molecule has 4 aromatic rings. The van der Waals surface area contributed by atoms with Gasteiger partial charge in [-0.1, -0.05) is 48.2 Å². The van der Waals surface area contributed by atoms with Gasteiger partial charge in [0.05, 0.1) is 23.9 Å². The second kappa shape index (κ2) is 9.15. The van der Waals surface area contributed by atoms with Crippen LogP contribution < -0.4 is 10.9 Å². The molecule has 0 bridgehead atoms. The van der Waals surface area contributed by atoms with E-state index in [0.717, 1.165) is 11.1 Å². The van der Waals surface area contributed by atoms with E-state index in [1.807, 2.05) is 35.7 Å². The summed E-state index contributed by atoms with van der Waals surface area (Å²) in [5.74, 6) is 0.669. The molecule has 30 heavy (non-hydrogen) atoms. The molecule has 3 aromatic heterocycles. The third kappa shape index (κ3) is 4.24. The Bertz CT molecular complexity index is 1230. The van der Waals surface area contributed by atoms with E-state index in [4.69, 9.17) is 4.42 Å². The normalized spacial score (nSPS) is 10.9. The summed E-state index contributed by atoms with van der Waals surface area (Å²) in [5, 5.41) is 5.85. The van der Waals surface area contributed by atoms with Gasteiger partial charge in [0.25, 0.3) is 5.56 Å². The van der Waals surface area contributed by atoms with Gasteiger partial charge in [-0.3, -0.25) is 14.2 Å². The molecule has 3 heterocycles. The molecule has 4 rings (SSSR count). The van der Waals surface area contributed by atoms with E-state index in [-0.39, 0.29) is 17.2 Å². The van der Waals surface area contributed by atoms with Gasteiger partial charge in [0.2, 0.25) is 5.91 Å². The van der Waals surface area contributed by atoms with Crippen molar-refractivity contribution >= 4 is 39.2 Å². The van der Waals surface area contributed by atoms with Crippen molar-refractivity contribution in [3.8, 4) is 11.1 Å². The monoisotopic (exact) mass is 437 g/mol. The van der Waals surface area contributed by atoms with Crippen LogP contribution in [0.1, 0.15) is 5.76 Å². The molecular formula is C22H19N3O3S2. The number of amides is 1. The van der Waals surface area contributed by atoms with Crippen LogP contribution >= 0.6 is 23.1 Å². The zero-order chi connectivity index (χ0) is 20.9. The highest BCUT2D eigenvalue weighted by atomic mass is 32.2. The van der Waals surface area contributed by atoms with Crippen LogP contribution in [0.25, 0.3) is 21.3 Å². The van der Waals surface area contributed by atoms with Gasteiger partial charge in [0.1, 0.15) is 10.6 Å². The molecule has 0 saturated carbocycles. The van der Waals surface area contributed by atoms with Gasteiger partial charge in [-0.05, 0) is 17.7 Å². The number of nitrogens with zero attached hydrogens (tertiary/aromatic N) is 2. The summed E-state index contributed by atoms with van der Waals surface area (Å²) in [6.45, 7) is 4.40. The Balaban J connectivity index is 1.60. The Morgan fingerprint density at radius 1 is 1.27 bits per heavy atom. The number of furan rings is 1. The van der Waals surface area contributed by atoms with Crippen LogP contribution in [0.5, 0.6) is 0 Å². The van der Waals surface area contributed by atoms with Crippen LogP contribution in [-0.2, 0) is 17.9 Å². The summed E-state index contributed by atoms with van der Waals surface area (Å²) in [6, 6.07) is 13.4. The molecule has 0 spiro atoms. The number of aromatic nitrogens is 2. The van der Waals surface area contributed by atoms with Crippen LogP contribution in [0.2, 0.25) is 0 Å². The first-order valence-corrected chi connectivity index (χ1v) is 11.1. The molecule has 6 nitrogen and oxygen atoms in total. The number of hydrogen-bond acceptors (Lipinski definition) is 6. The smallest absolute Gasteiger partial charge is 0.263 e. The van der Waals surface area contributed by atoms with Crippen molar-refractivity contribution in [2.24, 2.45) is 0 Å². The molecule has 0 saturated heterocycles. The number of fused-ring (bicyclic) bond motifs is 1. The van der Waals surface area contributed by atoms with E-state index in [2.05, 4.69) is 16.9 Å². The summed E-state index contributed by atoms with van der Waals surface area (Å²) >= 11 is 2.66. The molecule has 0 aliphatic rings. The summed E-state index contributed by atoms with van der Waals surface area (Å²) in [5.41, 5.74) is 1.72. The van der Waals surface area contributed by atoms with E-state index in [1.54, 1.807) is 29.0 Å². The van der Waals surface area contributed by atoms with Crippen LogP contribution in [0.3, 0.4) is 0 Å². The fourth-order valence-electron chi connectivity index (χ4n) is 3.02. The molecular weight excluding hydrogens is 418 g/mol. The maximum absolute atomic E-state index is 13.3. The van der Waals surface area contributed by atoms with E-state index in [1.165, 1.54) is 23.1 Å². The van der Waals surface area contributed by atoms with Crippen molar-refractivity contribution in [3.05, 3.63) is 82.9 Å². The third-order valence-corrected chi connectivity index (χ3v) is 6.28. The van der Waals surface area contributed by atoms with Crippen LogP contribution in [-0.4, -0.2) is 21.2 Å². The lowest BCUT2D eigenvalue weighted by atomic mass is 10.1. The number of rotatable bonds is 8. The molecule has 0 aliphatic heterocycles. The largest absolute Gasteiger partial charge is 0.467 e. The van der Waals surface area contributed by atoms with Crippen LogP contribution in [0.15, 0.2) is 81.1 Å². The first-order chi connectivity index (χ1) is 14.7. The van der Waals surface area contributed by atoms with Crippen molar-refractivity contribution in [1.82, 2.24) is 14.9 Å². The van der Waals surface area contributed by atoms with Crippen molar-refractivity contribution in [3.63, 3.8) is 0 Å². The lowest BCUT2D eigenvalue weighted by Gasteiger charge is -2.11. The molecule has 1 N–H and O–H groups in total.